The molecule has 8 nitrogen and oxygen atoms in total. The van der Waals surface area contributed by atoms with Gasteiger partial charge in [-0.3, -0.25) is 18.5 Å². The van der Waals surface area contributed by atoms with E-state index in [1.54, 1.807) is 13.0 Å². The smallest absolute Gasteiger partial charge is 0.332 e. The molecule has 1 aliphatic heterocycles. The highest BCUT2D eigenvalue weighted by Gasteiger charge is 2.24. The second kappa shape index (κ2) is 8.38. The number of aromatic nitrogens is 4. The summed E-state index contributed by atoms with van der Waals surface area (Å²) in [6, 6.07) is 7.35. The van der Waals surface area contributed by atoms with E-state index in [4.69, 9.17) is 16.6 Å². The van der Waals surface area contributed by atoms with Gasteiger partial charge in [-0.25, -0.2) is 4.79 Å². The summed E-state index contributed by atoms with van der Waals surface area (Å²) in [6.07, 6.45) is 0. The zero-order chi connectivity index (χ0) is 21.3. The van der Waals surface area contributed by atoms with E-state index in [0.29, 0.717) is 28.7 Å². The van der Waals surface area contributed by atoms with Crippen molar-refractivity contribution >= 4 is 28.7 Å². The van der Waals surface area contributed by atoms with Crippen LogP contribution in [0.25, 0.3) is 11.2 Å². The Labute approximate surface area is 178 Å². The quantitative estimate of drug-likeness (QED) is 0.630. The SMILES string of the molecule is CC#CCn1c(N2CCNCC2)nc2c1c(=O)n(C)c(=O)n2Cc1ccccc1Cl. The zero-order valence-corrected chi connectivity index (χ0v) is 17.7. The molecule has 3 heterocycles. The predicted octanol–water partition coefficient (Wildman–Crippen LogP) is 1.03. The van der Waals surface area contributed by atoms with Gasteiger partial charge in [-0.05, 0) is 18.6 Å². The highest BCUT2D eigenvalue weighted by atomic mass is 35.5. The van der Waals surface area contributed by atoms with Crippen molar-refractivity contribution in [1.29, 1.82) is 0 Å². The van der Waals surface area contributed by atoms with Crippen molar-refractivity contribution in [3.8, 4) is 11.8 Å². The number of rotatable bonds is 4. The van der Waals surface area contributed by atoms with Crippen molar-refractivity contribution in [2.75, 3.05) is 31.1 Å². The Morgan fingerprint density at radius 1 is 1.17 bits per heavy atom. The minimum absolute atomic E-state index is 0.223. The van der Waals surface area contributed by atoms with Crippen LogP contribution in [-0.4, -0.2) is 44.9 Å². The monoisotopic (exact) mass is 426 g/mol. The highest BCUT2D eigenvalue weighted by molar-refractivity contribution is 6.31. The number of benzene rings is 1. The zero-order valence-electron chi connectivity index (χ0n) is 17.0. The van der Waals surface area contributed by atoms with E-state index in [1.165, 1.54) is 11.6 Å². The van der Waals surface area contributed by atoms with Crippen LogP contribution < -0.4 is 21.5 Å². The molecule has 1 aliphatic rings. The molecule has 4 rings (SSSR count). The molecular weight excluding hydrogens is 404 g/mol. The lowest BCUT2D eigenvalue weighted by Gasteiger charge is -2.28. The van der Waals surface area contributed by atoms with Crippen LogP contribution >= 0.6 is 11.6 Å². The van der Waals surface area contributed by atoms with Gasteiger partial charge in [-0.15, -0.1) is 5.92 Å². The van der Waals surface area contributed by atoms with Crippen molar-refractivity contribution in [3.05, 3.63) is 55.7 Å². The fourth-order valence-electron chi connectivity index (χ4n) is 3.70. The fourth-order valence-corrected chi connectivity index (χ4v) is 3.89. The Bertz CT molecular complexity index is 1270. The van der Waals surface area contributed by atoms with E-state index >= 15 is 0 Å². The number of imidazole rings is 1. The molecule has 1 saturated heterocycles. The number of fused-ring (bicyclic) bond motifs is 1. The first-order valence-electron chi connectivity index (χ1n) is 9.81. The lowest BCUT2D eigenvalue weighted by Crippen LogP contribution is -2.44. The Morgan fingerprint density at radius 2 is 1.90 bits per heavy atom. The standard InChI is InChI=1S/C21H23ClN6O2/c1-3-4-11-27-17-18(24-20(27)26-12-9-23-10-13-26)28(21(30)25(2)19(17)29)14-15-7-5-6-8-16(15)22/h5-8,23H,9-14H2,1-2H3. The average Bonchev–Trinajstić information content (AvgIpc) is 3.15. The van der Waals surface area contributed by atoms with Gasteiger partial charge in [0.05, 0.1) is 13.1 Å². The maximum absolute atomic E-state index is 13.1. The van der Waals surface area contributed by atoms with Gasteiger partial charge in [0.15, 0.2) is 11.2 Å². The van der Waals surface area contributed by atoms with Crippen LogP contribution in [0, 0.1) is 11.8 Å². The molecule has 0 atom stereocenters. The van der Waals surface area contributed by atoms with Crippen molar-refractivity contribution < 1.29 is 0 Å². The first-order valence-corrected chi connectivity index (χ1v) is 10.2. The lowest BCUT2D eigenvalue weighted by atomic mass is 10.2. The fraction of sp³-hybridized carbons (Fsp3) is 0.381. The highest BCUT2D eigenvalue weighted by Crippen LogP contribution is 2.22. The molecule has 2 aromatic heterocycles. The molecule has 1 aromatic carbocycles. The minimum atomic E-state index is -0.425. The third-order valence-electron chi connectivity index (χ3n) is 5.31. The van der Waals surface area contributed by atoms with E-state index in [2.05, 4.69) is 22.1 Å². The van der Waals surface area contributed by atoms with E-state index in [-0.39, 0.29) is 12.1 Å². The Kier molecular flexibility index (Phi) is 5.66. The summed E-state index contributed by atoms with van der Waals surface area (Å²) in [5.41, 5.74) is 0.713. The van der Waals surface area contributed by atoms with E-state index in [0.717, 1.165) is 36.3 Å². The molecule has 0 bridgehead atoms. The maximum Gasteiger partial charge on any atom is 0.332 e. The van der Waals surface area contributed by atoms with Crippen molar-refractivity contribution in [1.82, 2.24) is 24.0 Å². The van der Waals surface area contributed by atoms with Gasteiger partial charge in [0.2, 0.25) is 5.95 Å². The molecule has 1 N–H and O–H groups in total. The normalized spacial score (nSPS) is 14.0. The Balaban J connectivity index is 1.99. The van der Waals surface area contributed by atoms with Crippen molar-refractivity contribution in [2.45, 2.75) is 20.0 Å². The molecular formula is C21H23ClN6O2. The van der Waals surface area contributed by atoms with Crippen LogP contribution in [0.4, 0.5) is 5.95 Å². The molecule has 3 aromatic rings. The van der Waals surface area contributed by atoms with Crippen LogP contribution in [0.15, 0.2) is 33.9 Å². The van der Waals surface area contributed by atoms with E-state index < -0.39 is 5.69 Å². The van der Waals surface area contributed by atoms with Gasteiger partial charge in [-0.2, -0.15) is 4.98 Å². The van der Waals surface area contributed by atoms with Crippen LogP contribution in [0.3, 0.4) is 0 Å². The topological polar surface area (TPSA) is 77.1 Å². The molecule has 0 radical (unpaired) electrons. The third-order valence-corrected chi connectivity index (χ3v) is 5.68. The number of hydrogen-bond acceptors (Lipinski definition) is 5. The average molecular weight is 427 g/mol. The first-order chi connectivity index (χ1) is 14.5. The molecule has 0 aliphatic carbocycles. The summed E-state index contributed by atoms with van der Waals surface area (Å²) in [5.74, 6) is 6.58. The third kappa shape index (κ3) is 3.51. The van der Waals surface area contributed by atoms with Crippen LogP contribution in [0.5, 0.6) is 0 Å². The molecule has 0 spiro atoms. The number of nitrogens with one attached hydrogen (secondary N) is 1. The summed E-state index contributed by atoms with van der Waals surface area (Å²) in [4.78, 5) is 33.0. The number of piperazine rings is 1. The van der Waals surface area contributed by atoms with Crippen LogP contribution in [0.2, 0.25) is 5.02 Å². The van der Waals surface area contributed by atoms with Gasteiger partial charge in [0.1, 0.15) is 0 Å². The van der Waals surface area contributed by atoms with Crippen LogP contribution in [0.1, 0.15) is 12.5 Å². The summed E-state index contributed by atoms with van der Waals surface area (Å²) in [6.45, 7) is 5.48. The molecule has 9 heteroatoms. The second-order valence-electron chi connectivity index (χ2n) is 7.16. The Morgan fingerprint density at radius 3 is 2.60 bits per heavy atom. The molecule has 0 unspecified atom stereocenters. The van der Waals surface area contributed by atoms with Gasteiger partial charge < -0.3 is 10.2 Å². The van der Waals surface area contributed by atoms with Gasteiger partial charge in [0, 0.05) is 38.2 Å². The first kappa shape index (κ1) is 20.3. The van der Waals surface area contributed by atoms with Gasteiger partial charge >= 0.3 is 5.69 Å². The molecule has 1 fully saturated rings. The summed E-state index contributed by atoms with van der Waals surface area (Å²) < 4.78 is 4.46. The van der Waals surface area contributed by atoms with E-state index in [9.17, 15) is 9.59 Å². The van der Waals surface area contributed by atoms with Crippen molar-refractivity contribution in [3.63, 3.8) is 0 Å². The van der Waals surface area contributed by atoms with Gasteiger partial charge in [-0.1, -0.05) is 35.7 Å². The minimum Gasteiger partial charge on any atom is -0.340 e. The molecule has 0 amide bonds. The van der Waals surface area contributed by atoms with Crippen LogP contribution in [-0.2, 0) is 20.1 Å². The number of halogens is 1. The lowest BCUT2D eigenvalue weighted by molar-refractivity contribution is 0.572. The second-order valence-corrected chi connectivity index (χ2v) is 7.57. The molecule has 0 saturated carbocycles. The van der Waals surface area contributed by atoms with Crippen molar-refractivity contribution in [2.24, 2.45) is 7.05 Å². The number of anilines is 1. The summed E-state index contributed by atoms with van der Waals surface area (Å²) >= 11 is 6.33. The summed E-state index contributed by atoms with van der Waals surface area (Å²) in [7, 11) is 1.49. The predicted molar refractivity (Wildman–Crippen MR) is 118 cm³/mol. The maximum atomic E-state index is 13.1. The largest absolute Gasteiger partial charge is 0.340 e. The number of nitrogens with zero attached hydrogens (tertiary/aromatic N) is 5. The number of hydrogen-bond donors (Lipinski definition) is 1. The summed E-state index contributed by atoms with van der Waals surface area (Å²) in [5, 5.41) is 3.88. The molecule has 30 heavy (non-hydrogen) atoms. The Hall–Kier alpha value is -3.02. The van der Waals surface area contributed by atoms with Gasteiger partial charge in [0.25, 0.3) is 5.56 Å². The van der Waals surface area contributed by atoms with E-state index in [1.807, 2.05) is 22.8 Å². The molecule has 156 valence electrons.